The maximum absolute atomic E-state index is 11.8. The second-order valence-electron chi connectivity index (χ2n) is 4.61. The normalized spacial score (nSPS) is 11.0. The van der Waals surface area contributed by atoms with Crippen molar-refractivity contribution >= 4 is 46.4 Å². The van der Waals surface area contributed by atoms with Gasteiger partial charge in [-0.25, -0.2) is 0 Å². The molecule has 0 bridgehead atoms. The van der Waals surface area contributed by atoms with Crippen LogP contribution in [-0.4, -0.2) is 21.9 Å². The first kappa shape index (κ1) is 15.4. The second kappa shape index (κ2) is 7.15. The predicted molar refractivity (Wildman–Crippen MR) is 86.8 cm³/mol. The number of anilines is 1. The molecule has 2 rings (SSSR count). The van der Waals surface area contributed by atoms with Gasteiger partial charge in [0.1, 0.15) is 0 Å². The molecule has 0 radical (unpaired) electrons. The van der Waals surface area contributed by atoms with Crippen molar-refractivity contribution in [2.75, 3.05) is 11.1 Å². The summed E-state index contributed by atoms with van der Waals surface area (Å²) in [5, 5.41) is 9.76. The number of amides is 1. The third-order valence-electron chi connectivity index (χ3n) is 2.59. The molecule has 2 N–H and O–H groups in total. The molecule has 7 heteroatoms. The molecular weight excluding hydrogens is 314 g/mol. The molecule has 0 fully saturated rings. The summed E-state index contributed by atoms with van der Waals surface area (Å²) in [5.74, 6) is 2.10. The number of halogens is 1. The van der Waals surface area contributed by atoms with Crippen LogP contribution in [0.15, 0.2) is 18.2 Å². The number of aromatic amines is 1. The van der Waals surface area contributed by atoms with Crippen LogP contribution in [0.4, 0.5) is 5.82 Å². The first-order valence-electron chi connectivity index (χ1n) is 6.21. The molecule has 0 saturated carbocycles. The van der Waals surface area contributed by atoms with Gasteiger partial charge in [0.05, 0.1) is 10.1 Å². The fourth-order valence-electron chi connectivity index (χ4n) is 1.55. The second-order valence-corrected chi connectivity index (χ2v) is 7.40. The van der Waals surface area contributed by atoms with Crippen LogP contribution in [0.1, 0.15) is 30.3 Å². The predicted octanol–water partition coefficient (Wildman–Crippen LogP) is 4.12. The van der Waals surface area contributed by atoms with Crippen molar-refractivity contribution in [1.82, 2.24) is 10.2 Å². The van der Waals surface area contributed by atoms with E-state index in [0.29, 0.717) is 17.5 Å². The van der Waals surface area contributed by atoms with E-state index in [1.54, 1.807) is 23.1 Å². The summed E-state index contributed by atoms with van der Waals surface area (Å²) < 4.78 is 0.780. The Kier molecular flexibility index (Phi) is 5.51. The number of carbonyl (C=O) groups excluding carboxylic acids is 1. The van der Waals surface area contributed by atoms with E-state index in [0.717, 1.165) is 15.8 Å². The lowest BCUT2D eigenvalue weighted by molar-refractivity contribution is -0.113. The van der Waals surface area contributed by atoms with E-state index in [9.17, 15) is 4.79 Å². The Morgan fingerprint density at radius 1 is 1.55 bits per heavy atom. The lowest BCUT2D eigenvalue weighted by atomic mass is 10.1. The number of thiophene rings is 1. The average molecular weight is 330 g/mol. The van der Waals surface area contributed by atoms with Gasteiger partial charge in [0.2, 0.25) is 5.91 Å². The van der Waals surface area contributed by atoms with Gasteiger partial charge in [0, 0.05) is 22.4 Å². The van der Waals surface area contributed by atoms with Gasteiger partial charge in [0.25, 0.3) is 0 Å². The number of nitrogens with one attached hydrogen (secondary N) is 2. The number of hydrogen-bond donors (Lipinski definition) is 2. The third kappa shape index (κ3) is 4.54. The minimum Gasteiger partial charge on any atom is -0.308 e. The van der Waals surface area contributed by atoms with Gasteiger partial charge in [-0.15, -0.1) is 23.1 Å². The molecule has 0 aromatic carbocycles. The highest BCUT2D eigenvalue weighted by molar-refractivity contribution is 7.99. The number of thioether (sulfide) groups is 1. The highest BCUT2D eigenvalue weighted by Gasteiger charge is 2.08. The SMILES string of the molecule is CC(C)c1cc(NC(=O)CSCc2ccc(Cl)s2)n[nH]1. The molecule has 4 nitrogen and oxygen atoms in total. The number of aromatic nitrogens is 2. The Labute approximate surface area is 131 Å². The van der Waals surface area contributed by atoms with Gasteiger partial charge in [-0.2, -0.15) is 5.10 Å². The van der Waals surface area contributed by atoms with Crippen LogP contribution in [0, 0.1) is 0 Å². The van der Waals surface area contributed by atoms with Crippen molar-refractivity contribution in [2.45, 2.75) is 25.5 Å². The van der Waals surface area contributed by atoms with Gasteiger partial charge >= 0.3 is 0 Å². The number of hydrogen-bond acceptors (Lipinski definition) is 4. The van der Waals surface area contributed by atoms with Crippen LogP contribution in [0.5, 0.6) is 0 Å². The fourth-order valence-corrected chi connectivity index (χ4v) is 3.57. The largest absolute Gasteiger partial charge is 0.308 e. The van der Waals surface area contributed by atoms with Crippen molar-refractivity contribution in [1.29, 1.82) is 0 Å². The van der Waals surface area contributed by atoms with Crippen LogP contribution < -0.4 is 5.32 Å². The van der Waals surface area contributed by atoms with E-state index in [4.69, 9.17) is 11.6 Å². The topological polar surface area (TPSA) is 57.8 Å². The van der Waals surface area contributed by atoms with E-state index < -0.39 is 0 Å². The first-order valence-corrected chi connectivity index (χ1v) is 8.56. The number of H-pyrrole nitrogens is 1. The maximum atomic E-state index is 11.8. The lowest BCUT2D eigenvalue weighted by Crippen LogP contribution is -2.14. The van der Waals surface area contributed by atoms with Gasteiger partial charge < -0.3 is 5.32 Å². The van der Waals surface area contributed by atoms with E-state index in [2.05, 4.69) is 29.4 Å². The zero-order valence-electron chi connectivity index (χ0n) is 11.3. The molecule has 1 amide bonds. The van der Waals surface area contributed by atoms with Crippen LogP contribution >= 0.6 is 34.7 Å². The number of nitrogens with zero attached hydrogens (tertiary/aromatic N) is 1. The lowest BCUT2D eigenvalue weighted by Gasteiger charge is -2.01. The summed E-state index contributed by atoms with van der Waals surface area (Å²) in [5.41, 5.74) is 1.01. The molecule has 0 aliphatic carbocycles. The van der Waals surface area contributed by atoms with E-state index in [1.165, 1.54) is 4.88 Å². The molecule has 0 aliphatic rings. The van der Waals surface area contributed by atoms with Gasteiger partial charge in [-0.3, -0.25) is 9.89 Å². The summed E-state index contributed by atoms with van der Waals surface area (Å²) in [7, 11) is 0. The van der Waals surface area contributed by atoms with E-state index in [1.807, 2.05) is 18.2 Å². The minimum atomic E-state index is -0.0422. The molecule has 0 saturated heterocycles. The summed E-state index contributed by atoms with van der Waals surface area (Å²) in [4.78, 5) is 13.0. The Morgan fingerprint density at radius 3 is 2.95 bits per heavy atom. The molecule has 0 spiro atoms. The highest BCUT2D eigenvalue weighted by atomic mass is 35.5. The Balaban J connectivity index is 1.74. The summed E-state index contributed by atoms with van der Waals surface area (Å²) in [6.45, 7) is 4.14. The van der Waals surface area contributed by atoms with Crippen molar-refractivity contribution < 1.29 is 4.79 Å². The standard InChI is InChI=1S/C13H16ClN3OS2/c1-8(2)10-5-12(17-16-10)15-13(18)7-19-6-9-3-4-11(14)20-9/h3-5,8H,6-7H2,1-2H3,(H2,15,16,17,18). The van der Waals surface area contributed by atoms with Crippen molar-refractivity contribution in [3.8, 4) is 0 Å². The van der Waals surface area contributed by atoms with Crippen molar-refractivity contribution in [3.63, 3.8) is 0 Å². The van der Waals surface area contributed by atoms with Crippen LogP contribution in [0.2, 0.25) is 4.34 Å². The first-order chi connectivity index (χ1) is 9.54. The smallest absolute Gasteiger partial charge is 0.235 e. The van der Waals surface area contributed by atoms with Crippen LogP contribution in [-0.2, 0) is 10.5 Å². The van der Waals surface area contributed by atoms with Crippen LogP contribution in [0.25, 0.3) is 0 Å². The molecule has 2 aromatic heterocycles. The van der Waals surface area contributed by atoms with E-state index in [-0.39, 0.29) is 5.91 Å². The molecule has 20 heavy (non-hydrogen) atoms. The zero-order chi connectivity index (χ0) is 14.5. The Morgan fingerprint density at radius 2 is 2.35 bits per heavy atom. The highest BCUT2D eigenvalue weighted by Crippen LogP contribution is 2.25. The van der Waals surface area contributed by atoms with Gasteiger partial charge in [-0.05, 0) is 18.1 Å². The van der Waals surface area contributed by atoms with Gasteiger partial charge in [-0.1, -0.05) is 25.4 Å². The third-order valence-corrected chi connectivity index (χ3v) is 4.99. The van der Waals surface area contributed by atoms with Gasteiger partial charge in [0.15, 0.2) is 5.82 Å². The monoisotopic (exact) mass is 329 g/mol. The fraction of sp³-hybridized carbons (Fsp3) is 0.385. The molecule has 108 valence electrons. The molecule has 2 heterocycles. The Bertz CT molecular complexity index is 580. The number of carbonyl (C=O) groups is 1. The molecule has 0 aliphatic heterocycles. The van der Waals surface area contributed by atoms with Crippen molar-refractivity contribution in [3.05, 3.63) is 33.1 Å². The molecular formula is C13H16ClN3OS2. The maximum Gasteiger partial charge on any atom is 0.235 e. The minimum absolute atomic E-state index is 0.0422. The molecule has 0 atom stereocenters. The molecule has 0 unspecified atom stereocenters. The average Bonchev–Trinajstić information content (AvgIpc) is 2.99. The van der Waals surface area contributed by atoms with E-state index >= 15 is 0 Å². The van der Waals surface area contributed by atoms with Crippen LogP contribution in [0.3, 0.4) is 0 Å². The number of rotatable bonds is 6. The summed E-state index contributed by atoms with van der Waals surface area (Å²) >= 11 is 8.96. The summed E-state index contributed by atoms with van der Waals surface area (Å²) in [6.07, 6.45) is 0. The Hall–Kier alpha value is -0.980. The quantitative estimate of drug-likeness (QED) is 0.838. The molecule has 2 aromatic rings. The zero-order valence-corrected chi connectivity index (χ0v) is 13.7. The summed E-state index contributed by atoms with van der Waals surface area (Å²) in [6, 6.07) is 5.73. The van der Waals surface area contributed by atoms with Crippen molar-refractivity contribution in [2.24, 2.45) is 0 Å².